The molecule has 2 heterocycles. The molecule has 3 aromatic rings. The summed E-state index contributed by atoms with van der Waals surface area (Å²) in [6.07, 6.45) is 2.67. The van der Waals surface area contributed by atoms with Crippen molar-refractivity contribution in [2.75, 3.05) is 12.3 Å². The van der Waals surface area contributed by atoms with Crippen LogP contribution < -0.4 is 10.9 Å². The van der Waals surface area contributed by atoms with E-state index < -0.39 is 23.3 Å². The number of aromatic nitrogens is 2. The Hall–Kier alpha value is -3.30. The second-order valence-electron chi connectivity index (χ2n) is 8.96. The van der Waals surface area contributed by atoms with Crippen molar-refractivity contribution < 1.29 is 14.7 Å². The zero-order valence-corrected chi connectivity index (χ0v) is 20.9. The molecule has 1 aliphatic carbocycles. The van der Waals surface area contributed by atoms with E-state index in [1.54, 1.807) is 11.0 Å². The molecule has 36 heavy (non-hydrogen) atoms. The molecule has 1 aliphatic heterocycles. The molecule has 5 rings (SSSR count). The molecule has 0 saturated carbocycles. The number of carbonyl (C=O) groups excluding carboxylic acids is 2. The SMILES string of the molecule is O=C(NC1Cc2ccccc2C1)c1nc([C@@H]2CCCN2C(=O)CSc2ccccc2Cl)[nH]c(=O)c1O. The van der Waals surface area contributed by atoms with Gasteiger partial charge in [-0.3, -0.25) is 14.4 Å². The summed E-state index contributed by atoms with van der Waals surface area (Å²) >= 11 is 7.55. The maximum absolute atomic E-state index is 13.0. The summed E-state index contributed by atoms with van der Waals surface area (Å²) in [5, 5.41) is 13.8. The average Bonchev–Trinajstić information content (AvgIpc) is 3.52. The predicted octanol–water partition coefficient (Wildman–Crippen LogP) is 3.48. The Morgan fingerprint density at radius 1 is 1.14 bits per heavy atom. The van der Waals surface area contributed by atoms with Gasteiger partial charge in [0.1, 0.15) is 5.82 Å². The number of hydrogen-bond acceptors (Lipinski definition) is 6. The number of halogens is 1. The van der Waals surface area contributed by atoms with Crippen LogP contribution in [0.25, 0.3) is 0 Å². The number of carbonyl (C=O) groups is 2. The summed E-state index contributed by atoms with van der Waals surface area (Å²) in [6.45, 7) is 0.513. The Morgan fingerprint density at radius 2 is 1.83 bits per heavy atom. The van der Waals surface area contributed by atoms with Crippen LogP contribution in [0.5, 0.6) is 5.75 Å². The van der Waals surface area contributed by atoms with Crippen LogP contribution in [0.4, 0.5) is 0 Å². The fourth-order valence-electron chi connectivity index (χ4n) is 4.85. The molecule has 8 nitrogen and oxygen atoms in total. The molecule has 0 unspecified atom stereocenters. The lowest BCUT2D eigenvalue weighted by atomic mass is 10.1. The topological polar surface area (TPSA) is 115 Å². The molecular formula is C26H25ClN4O4S. The van der Waals surface area contributed by atoms with Gasteiger partial charge in [0.15, 0.2) is 5.69 Å². The summed E-state index contributed by atoms with van der Waals surface area (Å²) in [5.74, 6) is -1.07. The Morgan fingerprint density at radius 3 is 2.56 bits per heavy atom. The summed E-state index contributed by atoms with van der Waals surface area (Å²) in [7, 11) is 0. The number of aromatic hydroxyl groups is 1. The highest BCUT2D eigenvalue weighted by Crippen LogP contribution is 2.33. The first kappa shape index (κ1) is 24.4. The van der Waals surface area contributed by atoms with E-state index in [4.69, 9.17) is 11.6 Å². The largest absolute Gasteiger partial charge is 0.501 e. The summed E-state index contributed by atoms with van der Waals surface area (Å²) in [5.41, 5.74) is 1.21. The fourth-order valence-corrected chi connectivity index (χ4v) is 5.97. The van der Waals surface area contributed by atoms with Gasteiger partial charge in [-0.1, -0.05) is 48.0 Å². The van der Waals surface area contributed by atoms with Crippen molar-refractivity contribution in [2.24, 2.45) is 0 Å². The van der Waals surface area contributed by atoms with Gasteiger partial charge in [0.25, 0.3) is 11.5 Å². The van der Waals surface area contributed by atoms with E-state index in [1.807, 2.05) is 42.5 Å². The van der Waals surface area contributed by atoms with Crippen molar-refractivity contribution in [3.05, 3.63) is 86.6 Å². The van der Waals surface area contributed by atoms with Crippen LogP contribution in [0.1, 0.15) is 46.3 Å². The lowest BCUT2D eigenvalue weighted by molar-refractivity contribution is -0.129. The number of hydrogen-bond donors (Lipinski definition) is 3. The Labute approximate surface area is 217 Å². The van der Waals surface area contributed by atoms with Crippen molar-refractivity contribution in [1.29, 1.82) is 0 Å². The van der Waals surface area contributed by atoms with E-state index in [2.05, 4.69) is 15.3 Å². The predicted molar refractivity (Wildman–Crippen MR) is 137 cm³/mol. The zero-order chi connectivity index (χ0) is 25.2. The quantitative estimate of drug-likeness (QED) is 0.425. The van der Waals surface area contributed by atoms with Crippen LogP contribution in [0.15, 0.2) is 58.2 Å². The van der Waals surface area contributed by atoms with E-state index in [0.717, 1.165) is 11.3 Å². The minimum atomic E-state index is -0.801. The van der Waals surface area contributed by atoms with Crippen molar-refractivity contribution >= 4 is 35.2 Å². The second-order valence-corrected chi connectivity index (χ2v) is 10.4. The van der Waals surface area contributed by atoms with E-state index in [-0.39, 0.29) is 29.2 Å². The van der Waals surface area contributed by atoms with Crippen LogP contribution >= 0.6 is 23.4 Å². The van der Waals surface area contributed by atoms with Gasteiger partial charge in [-0.2, -0.15) is 0 Å². The molecule has 0 radical (unpaired) electrons. The van der Waals surface area contributed by atoms with Gasteiger partial charge in [0.05, 0.1) is 16.8 Å². The number of benzene rings is 2. The number of likely N-dealkylation sites (tertiary alicyclic amines) is 1. The Kier molecular flexibility index (Phi) is 7.02. The van der Waals surface area contributed by atoms with E-state index in [1.165, 1.54) is 22.9 Å². The number of nitrogens with zero attached hydrogens (tertiary/aromatic N) is 2. The number of rotatable bonds is 6. The van der Waals surface area contributed by atoms with Crippen LogP contribution in [0.2, 0.25) is 5.02 Å². The van der Waals surface area contributed by atoms with E-state index in [9.17, 15) is 19.5 Å². The molecule has 1 aromatic heterocycles. The molecule has 2 aromatic carbocycles. The molecular weight excluding hydrogens is 500 g/mol. The van der Waals surface area contributed by atoms with Crippen LogP contribution in [-0.4, -0.2) is 50.1 Å². The monoisotopic (exact) mass is 524 g/mol. The average molecular weight is 525 g/mol. The van der Waals surface area contributed by atoms with Crippen LogP contribution in [0.3, 0.4) is 0 Å². The molecule has 3 N–H and O–H groups in total. The lowest BCUT2D eigenvalue weighted by Gasteiger charge is -2.24. The van der Waals surface area contributed by atoms with Gasteiger partial charge in [0.2, 0.25) is 11.7 Å². The minimum absolute atomic E-state index is 0.118. The third-order valence-corrected chi connectivity index (χ3v) is 8.09. The first-order valence-electron chi connectivity index (χ1n) is 11.8. The highest BCUT2D eigenvalue weighted by molar-refractivity contribution is 8.00. The van der Waals surface area contributed by atoms with Crippen LogP contribution in [-0.2, 0) is 17.6 Å². The normalized spacial score (nSPS) is 17.2. The minimum Gasteiger partial charge on any atom is -0.501 e. The maximum Gasteiger partial charge on any atom is 0.294 e. The van der Waals surface area contributed by atoms with Crippen molar-refractivity contribution in [3.63, 3.8) is 0 Å². The van der Waals surface area contributed by atoms with Gasteiger partial charge in [-0.05, 0) is 48.9 Å². The number of amides is 2. The standard InChI is InChI=1S/C26H25ClN4O4S/c27-18-8-3-4-10-20(18)36-14-21(32)31-11-5-9-19(31)24-29-22(23(33)26(35)30-24)25(34)28-17-12-15-6-1-2-7-16(15)13-17/h1-4,6-8,10,17,19,33H,5,9,11-14H2,(H,28,34)(H,29,30,35)/t19-/m0/s1. The summed E-state index contributed by atoms with van der Waals surface area (Å²) in [4.78, 5) is 47.9. The molecule has 1 saturated heterocycles. The van der Waals surface area contributed by atoms with Crippen LogP contribution in [0, 0.1) is 0 Å². The van der Waals surface area contributed by atoms with Gasteiger partial charge >= 0.3 is 0 Å². The van der Waals surface area contributed by atoms with Crippen molar-refractivity contribution in [1.82, 2.24) is 20.2 Å². The molecule has 10 heteroatoms. The molecule has 1 atom stereocenters. The number of aromatic amines is 1. The van der Waals surface area contributed by atoms with Gasteiger partial charge in [0, 0.05) is 17.5 Å². The molecule has 2 aliphatic rings. The number of H-pyrrole nitrogens is 1. The van der Waals surface area contributed by atoms with Gasteiger partial charge in [-0.25, -0.2) is 4.98 Å². The maximum atomic E-state index is 13.0. The van der Waals surface area contributed by atoms with Crippen molar-refractivity contribution in [2.45, 2.75) is 42.7 Å². The summed E-state index contributed by atoms with van der Waals surface area (Å²) in [6, 6.07) is 14.7. The Balaban J connectivity index is 1.31. The number of nitrogens with one attached hydrogen (secondary N) is 2. The lowest BCUT2D eigenvalue weighted by Crippen LogP contribution is -2.38. The third-order valence-electron chi connectivity index (χ3n) is 6.59. The van der Waals surface area contributed by atoms with Gasteiger partial charge < -0.3 is 20.3 Å². The van der Waals surface area contributed by atoms with E-state index in [0.29, 0.717) is 30.8 Å². The third kappa shape index (κ3) is 4.99. The molecule has 0 spiro atoms. The highest BCUT2D eigenvalue weighted by Gasteiger charge is 2.33. The Bertz CT molecular complexity index is 1350. The van der Waals surface area contributed by atoms with Gasteiger partial charge in [-0.15, -0.1) is 11.8 Å². The molecule has 186 valence electrons. The fraction of sp³-hybridized carbons (Fsp3) is 0.308. The number of fused-ring (bicyclic) bond motifs is 1. The molecule has 2 amide bonds. The van der Waals surface area contributed by atoms with E-state index >= 15 is 0 Å². The highest BCUT2D eigenvalue weighted by atomic mass is 35.5. The summed E-state index contributed by atoms with van der Waals surface area (Å²) < 4.78 is 0. The van der Waals surface area contributed by atoms with Crippen molar-refractivity contribution in [3.8, 4) is 5.75 Å². The zero-order valence-electron chi connectivity index (χ0n) is 19.4. The number of thioether (sulfide) groups is 1. The first-order valence-corrected chi connectivity index (χ1v) is 13.1. The molecule has 0 bridgehead atoms. The smallest absolute Gasteiger partial charge is 0.294 e. The first-order chi connectivity index (χ1) is 17.4. The molecule has 1 fully saturated rings. The second kappa shape index (κ2) is 10.4.